The Labute approximate surface area is 469 Å². The molecule has 3 N–H and O–H groups in total. The van der Waals surface area contributed by atoms with Gasteiger partial charge in [0.25, 0.3) is 0 Å². The van der Waals surface area contributed by atoms with Gasteiger partial charge in [-0.2, -0.15) is 0 Å². The SMILES string of the molecule is CCN(CC)CC#CCOC(=O)C(O)(c1ccccc1)C1CCCCC1.CCN(CC)CC#CCOC(=O)C(O)(c1ccccc1)C1CCCCC1.CCN(CC)CC#CCOC(=O)C(O)(c1ccccc1)C1CCCCC1. The number of carbonyl (C=O) groups is 3. The lowest BCUT2D eigenvalue weighted by atomic mass is 9.73. The molecule has 0 aliphatic heterocycles. The molecular formula is C66H93N3O9. The molecule has 0 saturated heterocycles. The molecule has 0 aromatic heterocycles. The number of ether oxygens (including phenoxy) is 3. The fourth-order valence-electron chi connectivity index (χ4n) is 10.8. The van der Waals surface area contributed by atoms with Crippen molar-refractivity contribution >= 4 is 17.9 Å². The summed E-state index contributed by atoms with van der Waals surface area (Å²) in [5.41, 5.74) is -2.89. The molecular weight excluding hydrogens is 979 g/mol. The van der Waals surface area contributed by atoms with Gasteiger partial charge in [0.05, 0.1) is 19.6 Å². The van der Waals surface area contributed by atoms with E-state index in [4.69, 9.17) is 14.2 Å². The van der Waals surface area contributed by atoms with Gasteiger partial charge in [0.15, 0.2) is 36.6 Å². The van der Waals surface area contributed by atoms with Crippen LogP contribution in [-0.2, 0) is 45.4 Å². The maximum Gasteiger partial charge on any atom is 0.344 e. The first kappa shape index (κ1) is 65.0. The minimum atomic E-state index is -1.58. The molecule has 3 aromatic carbocycles. The molecule has 12 nitrogen and oxygen atoms in total. The van der Waals surface area contributed by atoms with E-state index >= 15 is 0 Å². The molecule has 426 valence electrons. The number of nitrogens with zero attached hydrogens (tertiary/aromatic N) is 3. The van der Waals surface area contributed by atoms with Crippen molar-refractivity contribution in [2.24, 2.45) is 17.8 Å². The van der Waals surface area contributed by atoms with Crippen molar-refractivity contribution in [3.05, 3.63) is 108 Å². The number of esters is 3. The Morgan fingerprint density at radius 2 is 0.603 bits per heavy atom. The highest BCUT2D eigenvalue weighted by Gasteiger charge is 2.49. The number of benzene rings is 3. The fraction of sp³-hybridized carbons (Fsp3) is 0.591. The van der Waals surface area contributed by atoms with Gasteiger partial charge in [0, 0.05) is 17.8 Å². The summed E-state index contributed by atoms with van der Waals surface area (Å²) in [6, 6.07) is 27.6. The first-order valence-corrected chi connectivity index (χ1v) is 29.3. The molecule has 3 saturated carbocycles. The predicted octanol–water partition coefficient (Wildman–Crippen LogP) is 10.0. The van der Waals surface area contributed by atoms with Crippen LogP contribution in [0.25, 0.3) is 0 Å². The van der Waals surface area contributed by atoms with Gasteiger partial charge in [-0.1, -0.05) is 226 Å². The molecule has 3 fully saturated rings. The van der Waals surface area contributed by atoms with Crippen molar-refractivity contribution in [2.75, 3.05) is 78.7 Å². The molecule has 0 spiro atoms. The Balaban J connectivity index is 0.000000252. The van der Waals surface area contributed by atoms with E-state index in [2.05, 4.69) is 91.8 Å². The summed E-state index contributed by atoms with van der Waals surface area (Å²) >= 11 is 0. The molecule has 6 rings (SSSR count). The molecule has 3 atom stereocenters. The molecule has 12 heteroatoms. The van der Waals surface area contributed by atoms with Gasteiger partial charge in [0.2, 0.25) is 0 Å². The number of rotatable bonds is 21. The Hall–Kier alpha value is -5.49. The van der Waals surface area contributed by atoms with E-state index in [1.165, 1.54) is 0 Å². The zero-order valence-corrected chi connectivity index (χ0v) is 48.1. The van der Waals surface area contributed by atoms with Gasteiger partial charge in [-0.25, -0.2) is 14.4 Å². The third kappa shape index (κ3) is 19.4. The average Bonchev–Trinajstić information content (AvgIpc) is 3.54. The Morgan fingerprint density at radius 1 is 0.385 bits per heavy atom. The highest BCUT2D eigenvalue weighted by molar-refractivity contribution is 5.83. The van der Waals surface area contributed by atoms with Crippen molar-refractivity contribution in [2.45, 2.75) is 155 Å². The second kappa shape index (κ2) is 35.9. The average molecular weight is 1070 g/mol. The zero-order chi connectivity index (χ0) is 56.5. The Kier molecular flexibility index (Phi) is 29.9. The van der Waals surface area contributed by atoms with Crippen LogP contribution >= 0.6 is 0 Å². The van der Waals surface area contributed by atoms with E-state index in [9.17, 15) is 29.7 Å². The van der Waals surface area contributed by atoms with E-state index in [-0.39, 0.29) is 37.6 Å². The van der Waals surface area contributed by atoms with Gasteiger partial charge in [0.1, 0.15) is 0 Å². The highest BCUT2D eigenvalue weighted by atomic mass is 16.6. The van der Waals surface area contributed by atoms with Crippen LogP contribution in [0.4, 0.5) is 0 Å². The summed E-state index contributed by atoms with van der Waals surface area (Å²) in [5.74, 6) is 15.7. The van der Waals surface area contributed by atoms with Gasteiger partial charge >= 0.3 is 17.9 Å². The minimum absolute atomic E-state index is 0.0158. The smallest absolute Gasteiger partial charge is 0.344 e. The van der Waals surface area contributed by atoms with Crippen LogP contribution in [0.3, 0.4) is 0 Å². The molecule has 3 aliphatic rings. The number of hydrogen-bond donors (Lipinski definition) is 3. The second-order valence-electron chi connectivity index (χ2n) is 20.6. The topological polar surface area (TPSA) is 149 Å². The monoisotopic (exact) mass is 1070 g/mol. The largest absolute Gasteiger partial charge is 0.450 e. The lowest BCUT2D eigenvalue weighted by molar-refractivity contribution is -0.174. The minimum Gasteiger partial charge on any atom is -0.450 e. The third-order valence-corrected chi connectivity index (χ3v) is 16.0. The van der Waals surface area contributed by atoms with Crippen molar-refractivity contribution in [1.29, 1.82) is 0 Å². The van der Waals surface area contributed by atoms with Crippen LogP contribution in [0.5, 0.6) is 0 Å². The highest BCUT2D eigenvalue weighted by Crippen LogP contribution is 2.43. The molecule has 0 heterocycles. The fourth-order valence-corrected chi connectivity index (χ4v) is 10.8. The lowest BCUT2D eigenvalue weighted by Crippen LogP contribution is -2.45. The number of hydrogen-bond acceptors (Lipinski definition) is 12. The van der Waals surface area contributed by atoms with E-state index in [1.54, 1.807) is 0 Å². The molecule has 0 radical (unpaired) electrons. The van der Waals surface area contributed by atoms with Crippen molar-refractivity contribution < 1.29 is 43.9 Å². The van der Waals surface area contributed by atoms with Crippen LogP contribution in [-0.4, -0.2) is 127 Å². The maximum atomic E-state index is 12.8. The molecule has 78 heavy (non-hydrogen) atoms. The predicted molar refractivity (Wildman–Crippen MR) is 310 cm³/mol. The van der Waals surface area contributed by atoms with Crippen LogP contribution in [0.2, 0.25) is 0 Å². The zero-order valence-electron chi connectivity index (χ0n) is 48.1. The van der Waals surface area contributed by atoms with Crippen LogP contribution in [0.1, 0.15) is 155 Å². The quantitative estimate of drug-likeness (QED) is 0.0530. The number of aliphatic hydroxyl groups is 3. The molecule has 0 amide bonds. The summed E-state index contributed by atoms with van der Waals surface area (Å²) in [5, 5.41) is 34.1. The van der Waals surface area contributed by atoms with E-state index in [1.807, 2.05) is 91.0 Å². The van der Waals surface area contributed by atoms with Crippen molar-refractivity contribution in [3.63, 3.8) is 0 Å². The van der Waals surface area contributed by atoms with E-state index in [0.717, 1.165) is 136 Å². The summed E-state index contributed by atoms with van der Waals surface area (Å²) in [7, 11) is 0. The Morgan fingerprint density at radius 3 is 0.808 bits per heavy atom. The maximum absolute atomic E-state index is 12.8. The summed E-state index contributed by atoms with van der Waals surface area (Å²) < 4.78 is 16.1. The first-order chi connectivity index (χ1) is 37.9. The van der Waals surface area contributed by atoms with E-state index < -0.39 is 34.7 Å². The third-order valence-electron chi connectivity index (χ3n) is 16.0. The van der Waals surface area contributed by atoms with Crippen LogP contribution in [0, 0.1) is 53.3 Å². The van der Waals surface area contributed by atoms with Crippen molar-refractivity contribution in [3.8, 4) is 35.5 Å². The molecule has 0 bridgehead atoms. The van der Waals surface area contributed by atoms with Crippen LogP contribution < -0.4 is 0 Å². The van der Waals surface area contributed by atoms with Gasteiger partial charge in [-0.15, -0.1) is 0 Å². The van der Waals surface area contributed by atoms with Gasteiger partial charge in [-0.05, 0) is 94.5 Å². The Bertz CT molecular complexity index is 2090. The molecule has 3 aliphatic carbocycles. The summed E-state index contributed by atoms with van der Waals surface area (Å²) in [6.07, 6.45) is 14.8. The molecule has 3 aromatic rings. The summed E-state index contributed by atoms with van der Waals surface area (Å²) in [4.78, 5) is 45.0. The van der Waals surface area contributed by atoms with Crippen molar-refractivity contribution in [1.82, 2.24) is 14.7 Å². The number of carbonyl (C=O) groups excluding carboxylic acids is 3. The van der Waals surface area contributed by atoms with Gasteiger partial charge < -0.3 is 29.5 Å². The molecule has 3 unspecified atom stereocenters. The summed E-state index contributed by atoms with van der Waals surface area (Å²) in [6.45, 7) is 20.3. The van der Waals surface area contributed by atoms with Crippen LogP contribution in [0.15, 0.2) is 91.0 Å². The lowest BCUT2D eigenvalue weighted by Gasteiger charge is -2.36. The normalized spacial score (nSPS) is 17.2. The standard InChI is InChI=1S/3C22H31NO3/c3*1-3-23(4-2)17-11-12-18-26-21(24)22(25,19-13-7-5-8-14-19)20-15-9-6-10-16-20/h3*5,7-8,13-14,20,25H,3-4,6,9-10,15-18H2,1-2H3. The second-order valence-corrected chi connectivity index (χ2v) is 20.6. The van der Waals surface area contributed by atoms with Gasteiger partial charge in [-0.3, -0.25) is 14.7 Å². The first-order valence-electron chi connectivity index (χ1n) is 29.3. The van der Waals surface area contributed by atoms with E-state index in [0.29, 0.717) is 36.3 Å².